The first-order valence-corrected chi connectivity index (χ1v) is 7.11. The fraction of sp³-hybridized carbons (Fsp3) is 0.118. The third-order valence-corrected chi connectivity index (χ3v) is 3.61. The highest BCUT2D eigenvalue weighted by Crippen LogP contribution is 2.32. The van der Waals surface area contributed by atoms with Gasteiger partial charge in [-0.3, -0.25) is 4.79 Å². The minimum atomic E-state index is -4.80. The van der Waals surface area contributed by atoms with E-state index in [1.54, 1.807) is 6.07 Å². The van der Waals surface area contributed by atoms with Crippen LogP contribution in [0.4, 0.5) is 17.6 Å². The first kappa shape index (κ1) is 16.8. The highest BCUT2D eigenvalue weighted by Gasteiger charge is 2.31. The Kier molecular flexibility index (Phi) is 4.12. The molecule has 0 aliphatic rings. The zero-order chi connectivity index (χ0) is 18.2. The Morgan fingerprint density at radius 2 is 1.80 bits per heavy atom. The number of aromatic amines is 1. The molecule has 0 bridgehead atoms. The zero-order valence-corrected chi connectivity index (χ0v) is 12.5. The Morgan fingerprint density at radius 1 is 1.12 bits per heavy atom. The summed E-state index contributed by atoms with van der Waals surface area (Å²) in [7, 11) is 0. The fourth-order valence-corrected chi connectivity index (χ4v) is 2.61. The van der Waals surface area contributed by atoms with E-state index in [9.17, 15) is 22.4 Å². The molecule has 1 aromatic heterocycles. The molecule has 0 unspecified atom stereocenters. The Bertz CT molecular complexity index is 929. The molecule has 25 heavy (non-hydrogen) atoms. The van der Waals surface area contributed by atoms with Gasteiger partial charge >= 0.3 is 12.3 Å². The monoisotopic (exact) mass is 353 g/mol. The van der Waals surface area contributed by atoms with E-state index in [0.29, 0.717) is 16.6 Å². The Labute approximate surface area is 138 Å². The quantitative estimate of drug-likeness (QED) is 0.679. The number of aliphatic carboxylic acids is 1. The van der Waals surface area contributed by atoms with Crippen molar-refractivity contribution in [2.24, 2.45) is 0 Å². The number of carboxylic acids is 1. The van der Waals surface area contributed by atoms with Gasteiger partial charge in [-0.15, -0.1) is 13.2 Å². The number of H-pyrrole nitrogens is 1. The lowest BCUT2D eigenvalue weighted by atomic mass is 10.0. The predicted octanol–water partition coefficient (Wildman–Crippen LogP) is 4.50. The van der Waals surface area contributed by atoms with Gasteiger partial charge in [0, 0.05) is 22.7 Å². The van der Waals surface area contributed by atoms with E-state index in [0.717, 1.165) is 12.1 Å². The number of halogens is 4. The summed E-state index contributed by atoms with van der Waals surface area (Å²) in [6.07, 6.45) is -3.73. The van der Waals surface area contributed by atoms with Crippen LogP contribution in [0.1, 0.15) is 5.56 Å². The number of hydrogen-bond acceptors (Lipinski definition) is 2. The summed E-state index contributed by atoms with van der Waals surface area (Å²) in [5, 5.41) is 9.05. The molecule has 3 aromatic rings. The number of ether oxygens (including phenoxy) is 1. The van der Waals surface area contributed by atoms with Crippen molar-refractivity contribution in [2.75, 3.05) is 0 Å². The largest absolute Gasteiger partial charge is 0.573 e. The first-order valence-electron chi connectivity index (χ1n) is 7.11. The molecule has 2 N–H and O–H groups in total. The summed E-state index contributed by atoms with van der Waals surface area (Å²) in [5.41, 5.74) is 1.22. The van der Waals surface area contributed by atoms with Crippen LogP contribution in [0, 0.1) is 5.82 Å². The van der Waals surface area contributed by atoms with Crippen molar-refractivity contribution in [1.29, 1.82) is 0 Å². The number of carboxylic acid groups (broad SMARTS) is 1. The van der Waals surface area contributed by atoms with E-state index < -0.39 is 23.9 Å². The van der Waals surface area contributed by atoms with Gasteiger partial charge in [0.15, 0.2) is 0 Å². The van der Waals surface area contributed by atoms with Gasteiger partial charge in [0.1, 0.15) is 11.6 Å². The van der Waals surface area contributed by atoms with Gasteiger partial charge in [0.25, 0.3) is 0 Å². The molecule has 0 aliphatic heterocycles. The van der Waals surface area contributed by atoms with E-state index in [1.165, 1.54) is 24.4 Å². The van der Waals surface area contributed by atoms with Crippen LogP contribution >= 0.6 is 0 Å². The van der Waals surface area contributed by atoms with Crippen molar-refractivity contribution >= 4 is 16.9 Å². The molecule has 0 atom stereocenters. The second-order valence-electron chi connectivity index (χ2n) is 5.31. The van der Waals surface area contributed by atoms with E-state index in [4.69, 9.17) is 5.11 Å². The van der Waals surface area contributed by atoms with Crippen molar-refractivity contribution in [3.05, 3.63) is 54.0 Å². The predicted molar refractivity (Wildman–Crippen MR) is 81.7 cm³/mol. The van der Waals surface area contributed by atoms with Gasteiger partial charge in [0.05, 0.1) is 6.42 Å². The number of hydrogen-bond donors (Lipinski definition) is 2. The van der Waals surface area contributed by atoms with Crippen LogP contribution in [0.3, 0.4) is 0 Å². The molecule has 0 radical (unpaired) electrons. The second-order valence-corrected chi connectivity index (χ2v) is 5.31. The van der Waals surface area contributed by atoms with Crippen LogP contribution in [0.5, 0.6) is 5.75 Å². The third kappa shape index (κ3) is 3.57. The number of nitrogens with one attached hydrogen (secondary N) is 1. The third-order valence-electron chi connectivity index (χ3n) is 3.61. The minimum Gasteiger partial charge on any atom is -0.481 e. The molecule has 0 amide bonds. The topological polar surface area (TPSA) is 62.3 Å². The van der Waals surface area contributed by atoms with Crippen molar-refractivity contribution in [1.82, 2.24) is 4.98 Å². The average molecular weight is 353 g/mol. The van der Waals surface area contributed by atoms with Crippen LogP contribution < -0.4 is 4.74 Å². The lowest BCUT2D eigenvalue weighted by Gasteiger charge is -2.10. The standard InChI is InChI=1S/C17H11F4NO3/c18-16-12(9-1-3-11(4-2-9)25-17(19,20)21)5-6-13-15(16)10(8-22-13)7-14(23)24/h1-6,8,22H,7H2,(H,23,24). The SMILES string of the molecule is O=C(O)Cc1c[nH]c2ccc(-c3ccc(OC(F)(F)F)cc3)c(F)c12. The summed E-state index contributed by atoms with van der Waals surface area (Å²) >= 11 is 0. The number of rotatable bonds is 4. The maximum atomic E-state index is 14.8. The summed E-state index contributed by atoms with van der Waals surface area (Å²) in [6.45, 7) is 0. The zero-order valence-electron chi connectivity index (χ0n) is 12.5. The molecule has 0 saturated heterocycles. The smallest absolute Gasteiger partial charge is 0.481 e. The lowest BCUT2D eigenvalue weighted by Crippen LogP contribution is -2.16. The van der Waals surface area contributed by atoms with Crippen molar-refractivity contribution in [3.8, 4) is 16.9 Å². The van der Waals surface area contributed by atoms with Crippen molar-refractivity contribution < 1.29 is 32.2 Å². The van der Waals surface area contributed by atoms with Crippen LogP contribution in [0.25, 0.3) is 22.0 Å². The molecule has 0 saturated carbocycles. The second kappa shape index (κ2) is 6.12. The van der Waals surface area contributed by atoms with E-state index in [1.807, 2.05) is 0 Å². The van der Waals surface area contributed by atoms with Gasteiger partial charge in [-0.1, -0.05) is 12.1 Å². The summed E-state index contributed by atoms with van der Waals surface area (Å²) < 4.78 is 55.2. The molecule has 1 heterocycles. The van der Waals surface area contributed by atoms with Crippen molar-refractivity contribution in [2.45, 2.75) is 12.8 Å². The van der Waals surface area contributed by atoms with Crippen LogP contribution in [0.15, 0.2) is 42.6 Å². The normalized spacial score (nSPS) is 11.7. The number of carbonyl (C=O) groups is 1. The van der Waals surface area contributed by atoms with Crippen LogP contribution in [-0.4, -0.2) is 22.4 Å². The molecular weight excluding hydrogens is 342 g/mol. The Hall–Kier alpha value is -3.03. The summed E-state index contributed by atoms with van der Waals surface area (Å²) in [6, 6.07) is 7.82. The Balaban J connectivity index is 2.01. The van der Waals surface area contributed by atoms with E-state index >= 15 is 0 Å². The maximum absolute atomic E-state index is 14.8. The number of benzene rings is 2. The fourth-order valence-electron chi connectivity index (χ4n) is 2.61. The Morgan fingerprint density at radius 3 is 2.40 bits per heavy atom. The number of fused-ring (bicyclic) bond motifs is 1. The van der Waals surface area contributed by atoms with Gasteiger partial charge < -0.3 is 14.8 Å². The van der Waals surface area contributed by atoms with Gasteiger partial charge in [-0.2, -0.15) is 0 Å². The van der Waals surface area contributed by atoms with Crippen molar-refractivity contribution in [3.63, 3.8) is 0 Å². The molecule has 2 aromatic carbocycles. The van der Waals surface area contributed by atoms with E-state index in [2.05, 4.69) is 9.72 Å². The maximum Gasteiger partial charge on any atom is 0.573 e. The molecule has 4 nitrogen and oxygen atoms in total. The average Bonchev–Trinajstić information content (AvgIpc) is 2.90. The van der Waals surface area contributed by atoms with Crippen LogP contribution in [-0.2, 0) is 11.2 Å². The summed E-state index contributed by atoms with van der Waals surface area (Å²) in [5.74, 6) is -2.15. The molecule has 3 rings (SSSR count). The molecule has 130 valence electrons. The molecule has 0 fully saturated rings. The highest BCUT2D eigenvalue weighted by atomic mass is 19.4. The van der Waals surface area contributed by atoms with Gasteiger partial charge in [0.2, 0.25) is 0 Å². The molecular formula is C17H11F4NO3. The van der Waals surface area contributed by atoms with Gasteiger partial charge in [-0.25, -0.2) is 4.39 Å². The number of alkyl halides is 3. The molecule has 0 spiro atoms. The number of aromatic nitrogens is 1. The lowest BCUT2D eigenvalue weighted by molar-refractivity contribution is -0.274. The molecule has 8 heteroatoms. The molecule has 0 aliphatic carbocycles. The van der Waals surface area contributed by atoms with Crippen LogP contribution in [0.2, 0.25) is 0 Å². The first-order chi connectivity index (χ1) is 11.7. The van der Waals surface area contributed by atoms with Gasteiger partial charge in [-0.05, 0) is 35.4 Å². The van der Waals surface area contributed by atoms with E-state index in [-0.39, 0.29) is 17.4 Å². The highest BCUT2D eigenvalue weighted by molar-refractivity contribution is 5.91. The minimum absolute atomic E-state index is 0.149. The summed E-state index contributed by atoms with van der Waals surface area (Å²) in [4.78, 5) is 13.7.